The Kier molecular flexibility index (Phi) is 4.47. The first kappa shape index (κ1) is 13.5. The van der Waals surface area contributed by atoms with Gasteiger partial charge in [-0.1, -0.05) is 61.8 Å². The van der Waals surface area contributed by atoms with Gasteiger partial charge in [-0.25, -0.2) is 0 Å². The molecular formula is C15H15ClO. The van der Waals surface area contributed by atoms with Crippen LogP contribution in [0.3, 0.4) is 0 Å². The molecular weight excluding hydrogens is 232 g/mol. The van der Waals surface area contributed by atoms with Crippen molar-refractivity contribution < 1.29 is 4.79 Å². The summed E-state index contributed by atoms with van der Waals surface area (Å²) >= 11 is 5.60. The molecule has 0 unspecified atom stereocenters. The third-order valence-corrected chi connectivity index (χ3v) is 2.98. The summed E-state index contributed by atoms with van der Waals surface area (Å²) in [6.07, 6.45) is 14.5. The van der Waals surface area contributed by atoms with E-state index in [2.05, 4.69) is 13.2 Å². The van der Waals surface area contributed by atoms with Crippen LogP contribution in [-0.2, 0) is 4.79 Å². The van der Waals surface area contributed by atoms with Crippen LogP contribution in [0.1, 0.15) is 6.92 Å². The molecule has 88 valence electrons. The molecule has 1 aliphatic rings. The van der Waals surface area contributed by atoms with Crippen LogP contribution < -0.4 is 0 Å². The molecule has 1 nitrogen and oxygen atoms in total. The van der Waals surface area contributed by atoms with E-state index in [1.54, 1.807) is 31.2 Å². The van der Waals surface area contributed by atoms with E-state index in [-0.39, 0.29) is 0 Å². The molecule has 0 fully saturated rings. The second-order valence-corrected chi connectivity index (χ2v) is 4.28. The van der Waals surface area contributed by atoms with Crippen molar-refractivity contribution in [3.63, 3.8) is 0 Å². The Balaban J connectivity index is 3.30. The van der Waals surface area contributed by atoms with Gasteiger partial charge in [0.05, 0.1) is 5.41 Å². The summed E-state index contributed by atoms with van der Waals surface area (Å²) in [6, 6.07) is 0. The first-order valence-electron chi connectivity index (χ1n) is 5.27. The Morgan fingerprint density at radius 1 is 1.18 bits per heavy atom. The van der Waals surface area contributed by atoms with Crippen molar-refractivity contribution in [1.29, 1.82) is 0 Å². The Labute approximate surface area is 107 Å². The Morgan fingerprint density at radius 2 is 1.59 bits per heavy atom. The van der Waals surface area contributed by atoms with Gasteiger partial charge in [0.25, 0.3) is 0 Å². The number of carbonyl (C=O) groups excluding carboxylic acids is 1. The quantitative estimate of drug-likeness (QED) is 0.685. The lowest BCUT2D eigenvalue weighted by molar-refractivity contribution is -0.115. The van der Waals surface area contributed by atoms with Crippen molar-refractivity contribution in [1.82, 2.24) is 0 Å². The molecule has 0 saturated carbocycles. The van der Waals surface area contributed by atoms with E-state index < -0.39 is 10.7 Å². The molecule has 1 aliphatic carbocycles. The van der Waals surface area contributed by atoms with Crippen molar-refractivity contribution in [2.75, 3.05) is 0 Å². The van der Waals surface area contributed by atoms with E-state index in [0.29, 0.717) is 0 Å². The molecule has 0 heterocycles. The number of rotatable bonds is 3. The maximum Gasteiger partial charge on any atom is 0.235 e. The third kappa shape index (κ3) is 3.18. The Hall–Kier alpha value is -1.60. The van der Waals surface area contributed by atoms with Crippen LogP contribution in [0.4, 0.5) is 0 Å². The largest absolute Gasteiger partial charge is 0.280 e. The summed E-state index contributed by atoms with van der Waals surface area (Å²) in [5.41, 5.74) is 1.18. The number of halogens is 1. The molecule has 0 radical (unpaired) electrons. The van der Waals surface area contributed by atoms with Crippen LogP contribution >= 0.6 is 11.6 Å². The highest BCUT2D eigenvalue weighted by Crippen LogP contribution is 2.30. The standard InChI is InChI=1S/C15H15ClO/c1-4-6-12-8-10-15(3,14(16)17)11-9-13(12)7-5-2/h4-11H,1-2H2,3H3/b12-6+,13-7+. The lowest BCUT2D eigenvalue weighted by atomic mass is 9.92. The van der Waals surface area contributed by atoms with E-state index >= 15 is 0 Å². The van der Waals surface area contributed by atoms with Gasteiger partial charge in [-0.15, -0.1) is 0 Å². The zero-order chi connectivity index (χ0) is 12.9. The van der Waals surface area contributed by atoms with Crippen molar-refractivity contribution >= 4 is 16.8 Å². The normalized spacial score (nSPS) is 22.5. The van der Waals surface area contributed by atoms with Crippen LogP contribution in [-0.4, -0.2) is 5.24 Å². The Morgan fingerprint density at radius 3 is 1.88 bits per heavy atom. The fourth-order valence-electron chi connectivity index (χ4n) is 1.46. The lowest BCUT2D eigenvalue weighted by Crippen LogP contribution is -2.17. The van der Waals surface area contributed by atoms with Crippen LogP contribution in [0, 0.1) is 5.41 Å². The molecule has 17 heavy (non-hydrogen) atoms. The molecule has 0 aromatic heterocycles. The van der Waals surface area contributed by atoms with E-state index in [1.807, 2.05) is 24.3 Å². The fraction of sp³-hybridized carbons (Fsp3) is 0.133. The molecule has 2 heteroatoms. The predicted molar refractivity (Wildman–Crippen MR) is 73.8 cm³/mol. The zero-order valence-electron chi connectivity index (χ0n) is 9.82. The van der Waals surface area contributed by atoms with E-state index in [0.717, 1.165) is 11.1 Å². The smallest absolute Gasteiger partial charge is 0.235 e. The maximum absolute atomic E-state index is 11.4. The minimum Gasteiger partial charge on any atom is -0.280 e. The van der Waals surface area contributed by atoms with Crippen LogP contribution in [0.15, 0.2) is 72.9 Å². The van der Waals surface area contributed by atoms with Gasteiger partial charge >= 0.3 is 0 Å². The average molecular weight is 247 g/mol. The summed E-state index contributed by atoms with van der Waals surface area (Å²) in [5, 5.41) is -0.400. The molecule has 0 spiro atoms. The molecule has 0 aromatic carbocycles. The summed E-state index contributed by atoms with van der Waals surface area (Å²) < 4.78 is 0. The first-order chi connectivity index (χ1) is 8.03. The lowest BCUT2D eigenvalue weighted by Gasteiger charge is -2.14. The van der Waals surface area contributed by atoms with Crippen molar-refractivity contribution in [3.05, 3.63) is 72.9 Å². The van der Waals surface area contributed by atoms with Gasteiger partial charge in [0, 0.05) is 0 Å². The maximum atomic E-state index is 11.4. The van der Waals surface area contributed by atoms with Crippen LogP contribution in [0.25, 0.3) is 0 Å². The van der Waals surface area contributed by atoms with Gasteiger partial charge in [0.2, 0.25) is 5.24 Å². The molecule has 0 bridgehead atoms. The number of allylic oxidation sites excluding steroid dienone is 10. The van der Waals surface area contributed by atoms with Gasteiger partial charge < -0.3 is 0 Å². The van der Waals surface area contributed by atoms with Gasteiger partial charge in [0.1, 0.15) is 0 Å². The van der Waals surface area contributed by atoms with Crippen molar-refractivity contribution in [2.24, 2.45) is 5.41 Å². The van der Waals surface area contributed by atoms with E-state index in [1.165, 1.54) is 0 Å². The number of hydrogen-bond acceptors (Lipinski definition) is 1. The minimum absolute atomic E-state index is 0.400. The average Bonchev–Trinajstić information content (AvgIpc) is 2.44. The zero-order valence-corrected chi connectivity index (χ0v) is 10.6. The fourth-order valence-corrected chi connectivity index (χ4v) is 1.59. The molecule has 1 rings (SSSR count). The second-order valence-electron chi connectivity index (χ2n) is 3.94. The predicted octanol–water partition coefficient (Wildman–Crippen LogP) is 4.11. The summed E-state index contributed by atoms with van der Waals surface area (Å²) in [7, 11) is 0. The third-order valence-electron chi connectivity index (χ3n) is 2.57. The van der Waals surface area contributed by atoms with E-state index in [4.69, 9.17) is 11.6 Å². The van der Waals surface area contributed by atoms with Crippen LogP contribution in [0.5, 0.6) is 0 Å². The van der Waals surface area contributed by atoms with Crippen LogP contribution in [0.2, 0.25) is 0 Å². The molecule has 0 saturated heterocycles. The molecule has 0 N–H and O–H groups in total. The van der Waals surface area contributed by atoms with Gasteiger partial charge in [-0.3, -0.25) is 4.79 Å². The van der Waals surface area contributed by atoms with E-state index in [9.17, 15) is 4.79 Å². The van der Waals surface area contributed by atoms with Crippen molar-refractivity contribution in [3.8, 4) is 0 Å². The molecule has 0 aromatic rings. The second kappa shape index (κ2) is 5.65. The highest BCUT2D eigenvalue weighted by atomic mass is 35.5. The number of hydrogen-bond donors (Lipinski definition) is 0. The van der Waals surface area contributed by atoms with Gasteiger partial charge in [-0.05, 0) is 29.7 Å². The van der Waals surface area contributed by atoms with Crippen molar-refractivity contribution in [2.45, 2.75) is 6.92 Å². The SMILES string of the molecule is C=C/C=C1\C=CC(C)(C(=O)Cl)C=C\C1=C/C=C. The van der Waals surface area contributed by atoms with Gasteiger partial charge in [0.15, 0.2) is 0 Å². The summed E-state index contributed by atoms with van der Waals surface area (Å²) in [4.78, 5) is 11.4. The topological polar surface area (TPSA) is 17.1 Å². The monoisotopic (exact) mass is 246 g/mol. The summed E-state index contributed by atoms with van der Waals surface area (Å²) in [5.74, 6) is 0. The Bertz CT molecular complexity index is 427. The number of carbonyl (C=O) groups is 1. The molecule has 0 atom stereocenters. The first-order valence-corrected chi connectivity index (χ1v) is 5.65. The molecule has 0 amide bonds. The van der Waals surface area contributed by atoms with Gasteiger partial charge in [-0.2, -0.15) is 0 Å². The molecule has 0 aliphatic heterocycles. The summed E-state index contributed by atoms with van der Waals surface area (Å²) in [6.45, 7) is 9.12. The highest BCUT2D eigenvalue weighted by Gasteiger charge is 2.27. The highest BCUT2D eigenvalue weighted by molar-refractivity contribution is 6.65. The minimum atomic E-state index is -0.765.